The van der Waals surface area contributed by atoms with Gasteiger partial charge in [-0.15, -0.1) is 0 Å². The van der Waals surface area contributed by atoms with Gasteiger partial charge < -0.3 is 20.1 Å². The predicted molar refractivity (Wildman–Crippen MR) is 99.9 cm³/mol. The van der Waals surface area contributed by atoms with E-state index in [-0.39, 0.29) is 0 Å². The van der Waals surface area contributed by atoms with Crippen molar-refractivity contribution in [3.05, 3.63) is 29.8 Å². The van der Waals surface area contributed by atoms with Crippen molar-refractivity contribution in [2.24, 2.45) is 5.92 Å². The van der Waals surface area contributed by atoms with Crippen LogP contribution in [0.5, 0.6) is 5.75 Å². The van der Waals surface area contributed by atoms with Crippen LogP contribution in [0.2, 0.25) is 0 Å². The third-order valence-corrected chi connectivity index (χ3v) is 6.13. The first kappa shape index (κ1) is 17.3. The Labute approximate surface area is 151 Å². The second-order valence-corrected chi connectivity index (χ2v) is 7.89. The molecule has 2 saturated carbocycles. The molecule has 0 aromatic heterocycles. The Kier molecular flexibility index (Phi) is 5.90. The van der Waals surface area contributed by atoms with Gasteiger partial charge in [0.05, 0.1) is 19.3 Å². The SMILES string of the molecule is c1cc(OC2CCCC2)ccc1CNC1CCCC1C1COCCN1. The minimum absolute atomic E-state index is 0.438. The van der Waals surface area contributed by atoms with E-state index in [2.05, 4.69) is 34.9 Å². The molecule has 3 unspecified atom stereocenters. The molecule has 0 radical (unpaired) electrons. The second-order valence-electron chi connectivity index (χ2n) is 7.89. The number of nitrogens with one attached hydrogen (secondary N) is 2. The van der Waals surface area contributed by atoms with E-state index in [1.54, 1.807) is 0 Å². The highest BCUT2D eigenvalue weighted by molar-refractivity contribution is 5.27. The van der Waals surface area contributed by atoms with Crippen LogP contribution >= 0.6 is 0 Å². The molecule has 25 heavy (non-hydrogen) atoms. The van der Waals surface area contributed by atoms with Gasteiger partial charge in [0.1, 0.15) is 5.75 Å². The van der Waals surface area contributed by atoms with Gasteiger partial charge in [-0.25, -0.2) is 0 Å². The van der Waals surface area contributed by atoms with E-state index in [1.165, 1.54) is 50.5 Å². The van der Waals surface area contributed by atoms with Crippen LogP contribution in [-0.4, -0.2) is 37.9 Å². The summed E-state index contributed by atoms with van der Waals surface area (Å²) in [6.07, 6.45) is 9.42. The molecule has 1 aromatic carbocycles. The van der Waals surface area contributed by atoms with Crippen molar-refractivity contribution in [1.82, 2.24) is 10.6 Å². The molecular weight excluding hydrogens is 312 g/mol. The van der Waals surface area contributed by atoms with Crippen LogP contribution in [0.1, 0.15) is 50.5 Å². The molecule has 1 heterocycles. The largest absolute Gasteiger partial charge is 0.490 e. The highest BCUT2D eigenvalue weighted by Gasteiger charge is 2.34. The minimum Gasteiger partial charge on any atom is -0.490 e. The van der Waals surface area contributed by atoms with Crippen molar-refractivity contribution in [2.75, 3.05) is 19.8 Å². The van der Waals surface area contributed by atoms with Crippen LogP contribution in [0.3, 0.4) is 0 Å². The third kappa shape index (κ3) is 4.55. The van der Waals surface area contributed by atoms with Crippen LogP contribution in [-0.2, 0) is 11.3 Å². The summed E-state index contributed by atoms with van der Waals surface area (Å²) in [5, 5.41) is 7.45. The fraction of sp³-hybridized carbons (Fsp3) is 0.714. The fourth-order valence-corrected chi connectivity index (χ4v) is 4.72. The maximum Gasteiger partial charge on any atom is 0.119 e. The first-order valence-corrected chi connectivity index (χ1v) is 10.2. The van der Waals surface area contributed by atoms with Gasteiger partial charge in [0.2, 0.25) is 0 Å². The lowest BCUT2D eigenvalue weighted by atomic mass is 9.94. The van der Waals surface area contributed by atoms with Gasteiger partial charge >= 0.3 is 0 Å². The molecule has 0 bridgehead atoms. The highest BCUT2D eigenvalue weighted by atomic mass is 16.5. The zero-order valence-electron chi connectivity index (χ0n) is 15.2. The van der Waals surface area contributed by atoms with E-state index >= 15 is 0 Å². The molecule has 1 aliphatic heterocycles. The Hall–Kier alpha value is -1.10. The lowest BCUT2D eigenvalue weighted by molar-refractivity contribution is 0.0524. The fourth-order valence-electron chi connectivity index (χ4n) is 4.72. The summed E-state index contributed by atoms with van der Waals surface area (Å²) >= 11 is 0. The summed E-state index contributed by atoms with van der Waals surface area (Å²) < 4.78 is 11.7. The number of benzene rings is 1. The summed E-state index contributed by atoms with van der Waals surface area (Å²) in [4.78, 5) is 0. The Morgan fingerprint density at radius 3 is 2.64 bits per heavy atom. The van der Waals surface area contributed by atoms with E-state index in [9.17, 15) is 0 Å². The zero-order valence-corrected chi connectivity index (χ0v) is 15.2. The molecule has 0 spiro atoms. The van der Waals surface area contributed by atoms with Crippen molar-refractivity contribution in [2.45, 2.75) is 69.7 Å². The summed E-state index contributed by atoms with van der Waals surface area (Å²) in [7, 11) is 0. The summed E-state index contributed by atoms with van der Waals surface area (Å²) in [5.74, 6) is 1.73. The summed E-state index contributed by atoms with van der Waals surface area (Å²) in [6, 6.07) is 9.83. The zero-order chi connectivity index (χ0) is 16.9. The molecule has 1 saturated heterocycles. The Balaban J connectivity index is 1.27. The van der Waals surface area contributed by atoms with E-state index in [4.69, 9.17) is 9.47 Å². The average Bonchev–Trinajstić information content (AvgIpc) is 3.33. The van der Waals surface area contributed by atoms with E-state index < -0.39 is 0 Å². The number of hydrogen-bond donors (Lipinski definition) is 2. The van der Waals surface area contributed by atoms with Gasteiger partial charge in [0, 0.05) is 25.2 Å². The monoisotopic (exact) mass is 344 g/mol. The number of ether oxygens (including phenoxy) is 2. The van der Waals surface area contributed by atoms with Gasteiger partial charge in [-0.1, -0.05) is 18.6 Å². The molecule has 1 aromatic rings. The van der Waals surface area contributed by atoms with Gasteiger partial charge in [-0.05, 0) is 62.1 Å². The molecule has 138 valence electrons. The first-order valence-electron chi connectivity index (χ1n) is 10.2. The molecule has 4 nitrogen and oxygen atoms in total. The van der Waals surface area contributed by atoms with E-state index in [0.717, 1.165) is 32.1 Å². The lowest BCUT2D eigenvalue weighted by Crippen LogP contribution is -2.50. The molecule has 3 aliphatic rings. The molecule has 4 rings (SSSR count). The van der Waals surface area contributed by atoms with Crippen molar-refractivity contribution in [1.29, 1.82) is 0 Å². The number of hydrogen-bond acceptors (Lipinski definition) is 4. The van der Waals surface area contributed by atoms with E-state index in [0.29, 0.717) is 24.1 Å². The Morgan fingerprint density at radius 1 is 1.04 bits per heavy atom. The van der Waals surface area contributed by atoms with Crippen molar-refractivity contribution in [3.8, 4) is 5.75 Å². The Bertz CT molecular complexity index is 521. The highest BCUT2D eigenvalue weighted by Crippen LogP contribution is 2.30. The van der Waals surface area contributed by atoms with Crippen LogP contribution in [0.25, 0.3) is 0 Å². The van der Waals surface area contributed by atoms with Gasteiger partial charge in [-0.3, -0.25) is 0 Å². The molecule has 0 amide bonds. The molecule has 3 fully saturated rings. The molecule has 2 aliphatic carbocycles. The van der Waals surface area contributed by atoms with Crippen LogP contribution in [0.15, 0.2) is 24.3 Å². The number of rotatable bonds is 6. The maximum absolute atomic E-state index is 6.06. The lowest BCUT2D eigenvalue weighted by Gasteiger charge is -2.33. The maximum atomic E-state index is 6.06. The number of morpholine rings is 1. The minimum atomic E-state index is 0.438. The predicted octanol–water partition coefficient (Wildman–Crippen LogP) is 3.25. The van der Waals surface area contributed by atoms with E-state index in [1.807, 2.05) is 0 Å². The summed E-state index contributed by atoms with van der Waals surface area (Å²) in [5.41, 5.74) is 1.34. The van der Waals surface area contributed by atoms with Crippen molar-refractivity contribution in [3.63, 3.8) is 0 Å². The van der Waals surface area contributed by atoms with Crippen molar-refractivity contribution >= 4 is 0 Å². The summed E-state index contributed by atoms with van der Waals surface area (Å²) in [6.45, 7) is 3.67. The smallest absolute Gasteiger partial charge is 0.119 e. The van der Waals surface area contributed by atoms with Crippen molar-refractivity contribution < 1.29 is 9.47 Å². The topological polar surface area (TPSA) is 42.5 Å². The Morgan fingerprint density at radius 2 is 1.88 bits per heavy atom. The van der Waals surface area contributed by atoms with Crippen LogP contribution in [0.4, 0.5) is 0 Å². The van der Waals surface area contributed by atoms with Gasteiger partial charge in [0.15, 0.2) is 0 Å². The molecule has 4 heteroatoms. The first-order chi connectivity index (χ1) is 12.4. The van der Waals surface area contributed by atoms with Gasteiger partial charge in [0.25, 0.3) is 0 Å². The molecule has 2 N–H and O–H groups in total. The third-order valence-electron chi connectivity index (χ3n) is 6.13. The second kappa shape index (κ2) is 8.52. The van der Waals surface area contributed by atoms with Crippen LogP contribution in [0, 0.1) is 5.92 Å². The molecule has 3 atom stereocenters. The average molecular weight is 344 g/mol. The van der Waals surface area contributed by atoms with Gasteiger partial charge in [-0.2, -0.15) is 0 Å². The standard InChI is InChI=1S/C21H32N2O2/c1-2-5-17(4-1)25-18-10-8-16(9-11-18)14-23-20-7-3-6-19(20)21-15-24-13-12-22-21/h8-11,17,19-23H,1-7,12-15H2. The van der Waals surface area contributed by atoms with Crippen LogP contribution < -0.4 is 15.4 Å². The molecular formula is C21H32N2O2. The normalized spacial score (nSPS) is 30.6. The quantitative estimate of drug-likeness (QED) is 0.831.